The van der Waals surface area contributed by atoms with E-state index in [4.69, 9.17) is 4.74 Å². The molecule has 0 spiro atoms. The molecule has 2 fully saturated rings. The van der Waals surface area contributed by atoms with Crippen LogP contribution in [0.1, 0.15) is 30.9 Å². The fourth-order valence-corrected chi connectivity index (χ4v) is 4.01. The molecule has 2 aliphatic carbocycles. The van der Waals surface area contributed by atoms with Crippen LogP contribution in [0.25, 0.3) is 0 Å². The summed E-state index contributed by atoms with van der Waals surface area (Å²) in [6.45, 7) is 0. The molecule has 2 aliphatic rings. The molecule has 1 aromatic rings. The molecule has 1 N–H and O–H groups in total. The molecule has 0 radical (unpaired) electrons. The lowest BCUT2D eigenvalue weighted by atomic mass is 9.89. The molecular formula is C15H20BrNO. The number of benzene rings is 1. The van der Waals surface area contributed by atoms with Crippen LogP contribution in [0.2, 0.25) is 0 Å². The van der Waals surface area contributed by atoms with Gasteiger partial charge >= 0.3 is 0 Å². The zero-order valence-corrected chi connectivity index (χ0v) is 12.5. The van der Waals surface area contributed by atoms with Gasteiger partial charge in [-0.25, -0.2) is 0 Å². The second-order valence-electron chi connectivity index (χ2n) is 5.64. The molecule has 3 rings (SSSR count). The summed E-state index contributed by atoms with van der Waals surface area (Å²) in [7, 11) is 3.82. The van der Waals surface area contributed by atoms with E-state index < -0.39 is 0 Å². The third-order valence-corrected chi connectivity index (χ3v) is 5.08. The quantitative estimate of drug-likeness (QED) is 0.914. The first kappa shape index (κ1) is 12.5. The summed E-state index contributed by atoms with van der Waals surface area (Å²) in [5.41, 5.74) is 1.29. The Balaban J connectivity index is 1.88. The molecule has 0 amide bonds. The second-order valence-corrected chi connectivity index (χ2v) is 6.56. The van der Waals surface area contributed by atoms with Gasteiger partial charge in [-0.1, -0.05) is 15.9 Å². The number of halogens is 1. The number of hydrogen-bond acceptors (Lipinski definition) is 2. The minimum absolute atomic E-state index is 0.422. The Morgan fingerprint density at radius 3 is 2.61 bits per heavy atom. The van der Waals surface area contributed by atoms with Crippen molar-refractivity contribution in [3.05, 3.63) is 28.2 Å². The first-order chi connectivity index (χ1) is 8.72. The highest BCUT2D eigenvalue weighted by atomic mass is 79.9. The topological polar surface area (TPSA) is 21.3 Å². The van der Waals surface area contributed by atoms with Crippen molar-refractivity contribution in [2.45, 2.75) is 25.3 Å². The van der Waals surface area contributed by atoms with Gasteiger partial charge in [-0.3, -0.25) is 0 Å². The summed E-state index contributed by atoms with van der Waals surface area (Å²) in [4.78, 5) is 0. The van der Waals surface area contributed by atoms with Crippen molar-refractivity contribution in [1.82, 2.24) is 5.32 Å². The number of rotatable bonds is 4. The van der Waals surface area contributed by atoms with Gasteiger partial charge in [0, 0.05) is 16.1 Å². The number of ether oxygens (including phenoxy) is 1. The highest BCUT2D eigenvalue weighted by molar-refractivity contribution is 9.10. The normalized spacial score (nSPS) is 30.9. The first-order valence-corrected chi connectivity index (χ1v) is 7.53. The lowest BCUT2D eigenvalue weighted by Gasteiger charge is -2.26. The lowest BCUT2D eigenvalue weighted by molar-refractivity contribution is 0.340. The van der Waals surface area contributed by atoms with E-state index in [1.54, 1.807) is 7.11 Å². The first-order valence-electron chi connectivity index (χ1n) is 6.73. The second kappa shape index (κ2) is 4.86. The SMILES string of the molecule is CNC(c1cc(Br)ccc1OC)C1CC2CC2C1. The van der Waals surface area contributed by atoms with Crippen LogP contribution in [0.3, 0.4) is 0 Å². The van der Waals surface area contributed by atoms with Crippen LogP contribution < -0.4 is 10.1 Å². The van der Waals surface area contributed by atoms with E-state index in [2.05, 4.69) is 40.4 Å². The number of nitrogens with one attached hydrogen (secondary N) is 1. The Kier molecular flexibility index (Phi) is 3.37. The summed E-state index contributed by atoms with van der Waals surface area (Å²) in [5, 5.41) is 3.50. The van der Waals surface area contributed by atoms with Crippen molar-refractivity contribution in [1.29, 1.82) is 0 Å². The van der Waals surface area contributed by atoms with E-state index >= 15 is 0 Å². The van der Waals surface area contributed by atoms with Gasteiger partial charge in [0.15, 0.2) is 0 Å². The summed E-state index contributed by atoms with van der Waals surface area (Å²) in [6.07, 6.45) is 4.24. The standard InChI is InChI=1S/C15H20BrNO/c1-17-15(11-6-9-5-10(9)7-11)13-8-12(16)3-4-14(13)18-2/h3-4,8-11,15,17H,5-7H2,1-2H3. The largest absolute Gasteiger partial charge is 0.496 e. The van der Waals surface area contributed by atoms with Crippen molar-refractivity contribution < 1.29 is 4.74 Å². The average molecular weight is 310 g/mol. The maximum atomic E-state index is 5.52. The summed E-state index contributed by atoms with van der Waals surface area (Å²) < 4.78 is 6.65. The van der Waals surface area contributed by atoms with Gasteiger partial charge in [0.25, 0.3) is 0 Å². The Morgan fingerprint density at radius 2 is 2.00 bits per heavy atom. The predicted molar refractivity (Wildman–Crippen MR) is 76.8 cm³/mol. The zero-order chi connectivity index (χ0) is 12.7. The van der Waals surface area contributed by atoms with Gasteiger partial charge in [0.2, 0.25) is 0 Å². The molecule has 18 heavy (non-hydrogen) atoms. The summed E-state index contributed by atoms with van der Waals surface area (Å²) in [6, 6.07) is 6.72. The Labute approximate surface area is 117 Å². The van der Waals surface area contributed by atoms with Gasteiger partial charge in [-0.05, 0) is 62.3 Å². The minimum Gasteiger partial charge on any atom is -0.496 e. The molecule has 3 unspecified atom stereocenters. The lowest BCUT2D eigenvalue weighted by Crippen LogP contribution is -2.25. The molecule has 0 saturated heterocycles. The fourth-order valence-electron chi connectivity index (χ4n) is 3.63. The fraction of sp³-hybridized carbons (Fsp3) is 0.600. The van der Waals surface area contributed by atoms with E-state index in [1.807, 2.05) is 6.07 Å². The summed E-state index contributed by atoms with van der Waals surface area (Å²) in [5.74, 6) is 3.80. The van der Waals surface area contributed by atoms with Gasteiger partial charge in [0.05, 0.1) is 7.11 Å². The van der Waals surface area contributed by atoms with E-state index in [1.165, 1.54) is 24.8 Å². The van der Waals surface area contributed by atoms with Crippen molar-refractivity contribution in [2.75, 3.05) is 14.2 Å². The maximum Gasteiger partial charge on any atom is 0.123 e. The smallest absolute Gasteiger partial charge is 0.123 e. The molecule has 0 heterocycles. The van der Waals surface area contributed by atoms with Crippen LogP contribution in [-0.4, -0.2) is 14.2 Å². The van der Waals surface area contributed by atoms with Crippen molar-refractivity contribution in [3.63, 3.8) is 0 Å². The number of methoxy groups -OCH3 is 1. The van der Waals surface area contributed by atoms with Crippen molar-refractivity contribution >= 4 is 15.9 Å². The summed E-state index contributed by atoms with van der Waals surface area (Å²) >= 11 is 3.57. The molecule has 98 valence electrons. The third-order valence-electron chi connectivity index (χ3n) is 4.59. The molecule has 0 aliphatic heterocycles. The van der Waals surface area contributed by atoms with Gasteiger partial charge in [-0.2, -0.15) is 0 Å². The highest BCUT2D eigenvalue weighted by Crippen LogP contribution is 2.57. The van der Waals surface area contributed by atoms with Gasteiger partial charge in [0.1, 0.15) is 5.75 Å². The molecule has 2 saturated carbocycles. The zero-order valence-electron chi connectivity index (χ0n) is 10.9. The Morgan fingerprint density at radius 1 is 1.28 bits per heavy atom. The van der Waals surface area contributed by atoms with Gasteiger partial charge in [-0.15, -0.1) is 0 Å². The van der Waals surface area contributed by atoms with Crippen LogP contribution in [0.5, 0.6) is 5.75 Å². The van der Waals surface area contributed by atoms with Crippen molar-refractivity contribution in [3.8, 4) is 5.75 Å². The van der Waals surface area contributed by atoms with Crippen molar-refractivity contribution in [2.24, 2.45) is 17.8 Å². The van der Waals surface area contributed by atoms with Crippen LogP contribution in [0, 0.1) is 17.8 Å². The molecule has 3 atom stereocenters. The Bertz CT molecular complexity index is 438. The monoisotopic (exact) mass is 309 g/mol. The van der Waals surface area contributed by atoms with Gasteiger partial charge < -0.3 is 10.1 Å². The van der Waals surface area contributed by atoms with E-state index in [9.17, 15) is 0 Å². The number of fused-ring (bicyclic) bond motifs is 1. The molecule has 2 nitrogen and oxygen atoms in total. The Hall–Kier alpha value is -0.540. The van der Waals surface area contributed by atoms with Crippen LogP contribution >= 0.6 is 15.9 Å². The molecule has 3 heteroatoms. The number of hydrogen-bond donors (Lipinski definition) is 1. The van der Waals surface area contributed by atoms with Crippen LogP contribution in [-0.2, 0) is 0 Å². The molecule has 0 bridgehead atoms. The average Bonchev–Trinajstić information content (AvgIpc) is 2.98. The third kappa shape index (κ3) is 2.19. The van der Waals surface area contributed by atoms with Crippen LogP contribution in [0.4, 0.5) is 0 Å². The predicted octanol–water partition coefficient (Wildman–Crippen LogP) is 3.76. The molecule has 1 aromatic carbocycles. The highest BCUT2D eigenvalue weighted by Gasteiger charge is 2.48. The van der Waals surface area contributed by atoms with E-state index in [0.29, 0.717) is 6.04 Å². The van der Waals surface area contributed by atoms with E-state index in [0.717, 1.165) is 28.0 Å². The maximum absolute atomic E-state index is 5.52. The molecule has 0 aromatic heterocycles. The minimum atomic E-state index is 0.422. The van der Waals surface area contributed by atoms with E-state index in [-0.39, 0.29) is 0 Å². The van der Waals surface area contributed by atoms with Crippen LogP contribution in [0.15, 0.2) is 22.7 Å². The molecular weight excluding hydrogens is 290 g/mol.